The minimum atomic E-state index is -1.74. The third kappa shape index (κ3) is 4.16. The molecule has 0 spiro atoms. The zero-order chi connectivity index (χ0) is 26.5. The van der Waals surface area contributed by atoms with Gasteiger partial charge in [-0.2, -0.15) is 0 Å². The molecule has 8 heteroatoms. The van der Waals surface area contributed by atoms with Gasteiger partial charge in [0.1, 0.15) is 5.60 Å². The summed E-state index contributed by atoms with van der Waals surface area (Å²) in [5.74, 6) is -3.34. The van der Waals surface area contributed by atoms with Crippen LogP contribution in [0, 0.1) is 34.5 Å². The lowest BCUT2D eigenvalue weighted by Crippen LogP contribution is -2.61. The number of ketones is 2. The van der Waals surface area contributed by atoms with E-state index in [-0.39, 0.29) is 42.8 Å². The fourth-order valence-corrected chi connectivity index (χ4v) is 8.02. The molecule has 0 bridgehead atoms. The Morgan fingerprint density at radius 1 is 1.22 bits per heavy atom. The normalized spacial score (nSPS) is 39.9. The molecule has 8 nitrogen and oxygen atoms in total. The number of carbonyl (C=O) groups is 4. The number of aliphatic hydroxyl groups excluding tert-OH is 1. The van der Waals surface area contributed by atoms with Crippen molar-refractivity contribution in [3.63, 3.8) is 0 Å². The van der Waals surface area contributed by atoms with E-state index >= 15 is 0 Å². The predicted molar refractivity (Wildman–Crippen MR) is 130 cm³/mol. The van der Waals surface area contributed by atoms with Crippen LogP contribution in [0.5, 0.6) is 0 Å². The van der Waals surface area contributed by atoms with Gasteiger partial charge >= 0.3 is 11.9 Å². The molecule has 3 N–H and O–H groups in total. The van der Waals surface area contributed by atoms with Crippen LogP contribution in [0.1, 0.15) is 72.1 Å². The molecule has 0 saturated heterocycles. The number of carboxylic acids is 1. The molecule has 0 aromatic carbocycles. The third-order valence-electron chi connectivity index (χ3n) is 9.85. The lowest BCUT2D eigenvalue weighted by Gasteiger charge is -2.59. The number of esters is 1. The average molecular weight is 503 g/mol. The molecule has 2 unspecified atom stereocenters. The van der Waals surface area contributed by atoms with Gasteiger partial charge in [0.15, 0.2) is 12.4 Å². The van der Waals surface area contributed by atoms with Crippen molar-refractivity contribution in [3.05, 3.63) is 23.8 Å². The van der Waals surface area contributed by atoms with Crippen molar-refractivity contribution in [2.24, 2.45) is 34.5 Å². The van der Waals surface area contributed by atoms with Gasteiger partial charge in [-0.05, 0) is 62.5 Å². The molecule has 3 fully saturated rings. The number of fused-ring (bicyclic) bond motifs is 5. The highest BCUT2D eigenvalue weighted by molar-refractivity contribution is 6.01. The molecule has 3 saturated carbocycles. The van der Waals surface area contributed by atoms with Crippen LogP contribution < -0.4 is 0 Å². The van der Waals surface area contributed by atoms with Crippen LogP contribution in [0.2, 0.25) is 0 Å². The van der Waals surface area contributed by atoms with E-state index in [0.717, 1.165) is 18.4 Å². The van der Waals surface area contributed by atoms with Crippen LogP contribution in [0.4, 0.5) is 0 Å². The van der Waals surface area contributed by atoms with Crippen molar-refractivity contribution < 1.29 is 39.2 Å². The minimum absolute atomic E-state index is 0.000181. The van der Waals surface area contributed by atoms with Gasteiger partial charge < -0.3 is 20.1 Å². The number of allylic oxidation sites excluding steroid dienone is 4. The first-order valence-corrected chi connectivity index (χ1v) is 13.1. The Balaban J connectivity index is 1.52. The summed E-state index contributed by atoms with van der Waals surface area (Å²) in [6.07, 6.45) is 7.58. The van der Waals surface area contributed by atoms with Crippen LogP contribution in [0.25, 0.3) is 0 Å². The predicted octanol–water partition coefficient (Wildman–Crippen LogP) is 3.00. The van der Waals surface area contributed by atoms with Crippen molar-refractivity contribution in [1.29, 1.82) is 0 Å². The van der Waals surface area contributed by atoms with Crippen molar-refractivity contribution in [2.45, 2.75) is 83.8 Å². The standard InChI is InChI=1S/C28H38O8/c1-4-5-16(12-23(32)33)25(34)36-15-22(31)28(35)11-9-20-19-7-6-17-13-18(29)8-10-26(17,2)24(19)21(30)14-27(20,28)3/h8,10,13,16,19-21,24,30,35H,4-7,9,11-12,14-15H2,1-3H3,(H,32,33)/t16?,19-,20-,21?,24+,26-,27-,28-/m0/s1. The second-order valence-corrected chi connectivity index (χ2v) is 11.7. The minimum Gasteiger partial charge on any atom is -0.481 e. The summed E-state index contributed by atoms with van der Waals surface area (Å²) in [5, 5.41) is 32.2. The van der Waals surface area contributed by atoms with E-state index in [0.29, 0.717) is 19.3 Å². The summed E-state index contributed by atoms with van der Waals surface area (Å²) in [6, 6.07) is 0. The van der Waals surface area contributed by atoms with Gasteiger partial charge in [0.25, 0.3) is 0 Å². The summed E-state index contributed by atoms with van der Waals surface area (Å²) in [5.41, 5.74) is -2.02. The maximum absolute atomic E-state index is 13.3. The zero-order valence-corrected chi connectivity index (χ0v) is 21.4. The molecule has 4 rings (SSSR count). The SMILES string of the molecule is CCCC(CC(=O)O)C(=O)OCC(=O)[C@@]1(O)CC[C@H]2[C@@H]3CCC4=CC(=O)C=C[C@]4(C)[C@H]3C(O)C[C@@]21C. The average Bonchev–Trinajstić information content (AvgIpc) is 3.08. The van der Waals surface area contributed by atoms with Crippen LogP contribution in [-0.2, 0) is 23.9 Å². The molecule has 4 aliphatic carbocycles. The van der Waals surface area contributed by atoms with E-state index in [4.69, 9.17) is 9.84 Å². The van der Waals surface area contributed by atoms with E-state index in [2.05, 4.69) is 6.92 Å². The number of Topliss-reactive ketones (excluding diaryl/α,β-unsaturated/α-hetero) is 1. The first-order chi connectivity index (χ1) is 16.9. The number of aliphatic hydroxyl groups is 2. The van der Waals surface area contributed by atoms with Gasteiger partial charge in [-0.15, -0.1) is 0 Å². The van der Waals surface area contributed by atoms with Crippen molar-refractivity contribution >= 4 is 23.5 Å². The quantitative estimate of drug-likeness (QED) is 0.431. The van der Waals surface area contributed by atoms with Crippen molar-refractivity contribution in [1.82, 2.24) is 0 Å². The highest BCUT2D eigenvalue weighted by atomic mass is 16.5. The number of carbonyl (C=O) groups excluding carboxylic acids is 3. The molecule has 0 amide bonds. The third-order valence-corrected chi connectivity index (χ3v) is 9.85. The van der Waals surface area contributed by atoms with Gasteiger partial charge in [-0.25, -0.2) is 0 Å². The monoisotopic (exact) mass is 502 g/mol. The fraction of sp³-hybridized carbons (Fsp3) is 0.714. The molecule has 198 valence electrons. The highest BCUT2D eigenvalue weighted by Crippen LogP contribution is 2.67. The van der Waals surface area contributed by atoms with Crippen LogP contribution in [0.15, 0.2) is 23.8 Å². The Bertz CT molecular complexity index is 1010. The van der Waals surface area contributed by atoms with E-state index in [1.165, 1.54) is 0 Å². The van der Waals surface area contributed by atoms with Gasteiger partial charge in [0, 0.05) is 16.7 Å². The molecule has 0 aromatic heterocycles. The number of rotatable bonds is 8. The van der Waals surface area contributed by atoms with E-state index < -0.39 is 52.8 Å². The summed E-state index contributed by atoms with van der Waals surface area (Å²) in [6.45, 7) is 5.15. The number of ether oxygens (including phenoxy) is 1. The molecule has 8 atom stereocenters. The Morgan fingerprint density at radius 2 is 1.94 bits per heavy atom. The lowest BCUT2D eigenvalue weighted by molar-refractivity contribution is -0.182. The van der Waals surface area contributed by atoms with Gasteiger partial charge in [-0.3, -0.25) is 19.2 Å². The van der Waals surface area contributed by atoms with Crippen molar-refractivity contribution in [3.8, 4) is 0 Å². The Hall–Kier alpha value is -2.32. The van der Waals surface area contributed by atoms with E-state index in [1.54, 1.807) is 12.2 Å². The second kappa shape index (κ2) is 9.53. The maximum Gasteiger partial charge on any atom is 0.309 e. The Kier molecular flexibility index (Phi) is 7.07. The Labute approximate surface area is 211 Å². The number of carboxylic acid groups (broad SMARTS) is 1. The first kappa shape index (κ1) is 26.7. The number of hydrogen-bond donors (Lipinski definition) is 3. The molecule has 36 heavy (non-hydrogen) atoms. The molecule has 0 heterocycles. The topological polar surface area (TPSA) is 138 Å². The lowest BCUT2D eigenvalue weighted by atomic mass is 9.46. The summed E-state index contributed by atoms with van der Waals surface area (Å²) in [7, 11) is 0. The largest absolute Gasteiger partial charge is 0.481 e. The summed E-state index contributed by atoms with van der Waals surface area (Å²) in [4.78, 5) is 48.9. The highest BCUT2D eigenvalue weighted by Gasteiger charge is 2.68. The molecule has 0 radical (unpaired) electrons. The fourth-order valence-electron chi connectivity index (χ4n) is 8.02. The molecule has 4 aliphatic rings. The second-order valence-electron chi connectivity index (χ2n) is 11.7. The number of aliphatic carboxylic acids is 1. The van der Waals surface area contributed by atoms with Gasteiger partial charge in [0.2, 0.25) is 5.78 Å². The summed E-state index contributed by atoms with van der Waals surface area (Å²) < 4.78 is 5.23. The van der Waals surface area contributed by atoms with E-state index in [1.807, 2.05) is 19.9 Å². The van der Waals surface area contributed by atoms with Gasteiger partial charge in [-0.1, -0.05) is 38.8 Å². The van der Waals surface area contributed by atoms with Crippen LogP contribution in [0.3, 0.4) is 0 Å². The first-order valence-electron chi connectivity index (χ1n) is 13.1. The summed E-state index contributed by atoms with van der Waals surface area (Å²) >= 11 is 0. The van der Waals surface area contributed by atoms with Gasteiger partial charge in [0.05, 0.1) is 18.4 Å². The van der Waals surface area contributed by atoms with Crippen LogP contribution >= 0.6 is 0 Å². The van der Waals surface area contributed by atoms with Crippen molar-refractivity contribution in [2.75, 3.05) is 6.61 Å². The Morgan fingerprint density at radius 3 is 2.61 bits per heavy atom. The molecular formula is C28H38O8. The molecule has 0 aliphatic heterocycles. The molecular weight excluding hydrogens is 464 g/mol. The van der Waals surface area contributed by atoms with Crippen LogP contribution in [-0.4, -0.2) is 57.1 Å². The number of hydrogen-bond acceptors (Lipinski definition) is 7. The zero-order valence-electron chi connectivity index (χ0n) is 21.4. The molecule has 0 aromatic rings. The van der Waals surface area contributed by atoms with E-state index in [9.17, 15) is 29.4 Å². The smallest absolute Gasteiger partial charge is 0.309 e. The maximum atomic E-state index is 13.3.